The lowest BCUT2D eigenvalue weighted by molar-refractivity contribution is 0.0958. The van der Waals surface area contributed by atoms with Crippen molar-refractivity contribution in [1.29, 1.82) is 0 Å². The Kier molecular flexibility index (Phi) is 6.31. The van der Waals surface area contributed by atoms with Gasteiger partial charge in [-0.05, 0) is 55.9 Å². The van der Waals surface area contributed by atoms with Crippen LogP contribution in [0.4, 0.5) is 10.5 Å². The first kappa shape index (κ1) is 18.5. The van der Waals surface area contributed by atoms with Crippen molar-refractivity contribution >= 4 is 17.6 Å². The highest BCUT2D eigenvalue weighted by Gasteiger charge is 2.35. The van der Waals surface area contributed by atoms with Crippen molar-refractivity contribution in [1.82, 2.24) is 10.2 Å². The number of likely N-dealkylation sites (tertiary alicyclic amines) is 1. The van der Waals surface area contributed by atoms with Gasteiger partial charge in [0.25, 0.3) is 5.91 Å². The zero-order chi connectivity index (χ0) is 18.4. The molecule has 0 bridgehead atoms. The molecule has 2 fully saturated rings. The normalized spacial score (nSPS) is 20.6. The van der Waals surface area contributed by atoms with Gasteiger partial charge in [-0.3, -0.25) is 4.79 Å². The molecule has 5 nitrogen and oxygen atoms in total. The zero-order valence-electron chi connectivity index (χ0n) is 15.4. The molecule has 1 aliphatic carbocycles. The van der Waals surface area contributed by atoms with Gasteiger partial charge >= 0.3 is 6.03 Å². The maximum atomic E-state index is 12.8. The van der Waals surface area contributed by atoms with Gasteiger partial charge < -0.3 is 15.5 Å². The van der Waals surface area contributed by atoms with E-state index in [1.165, 1.54) is 32.1 Å². The van der Waals surface area contributed by atoms with Crippen LogP contribution in [0.25, 0.3) is 0 Å². The third-order valence-electron chi connectivity index (χ3n) is 5.56. The fourth-order valence-electron chi connectivity index (χ4n) is 4.22. The number of nitrogens with zero attached hydrogens (tertiary/aromatic N) is 1. The molecular formula is C21H29N3O2. The number of hydrogen-bond acceptors (Lipinski definition) is 2. The number of rotatable bonds is 5. The Bertz CT molecular complexity index is 635. The van der Waals surface area contributed by atoms with Crippen LogP contribution in [0.3, 0.4) is 0 Å². The standard InChI is InChI=1S/C21H29N3O2/c1-2-14-22-20(25)17-10-12-18(13-11-17)23-21(26)24-15-6-9-19(24)16-7-4-3-5-8-16/h2,10-13,16,19H,1,3-9,14-15H2,(H,22,25)(H,23,26). The molecule has 2 N–H and O–H groups in total. The van der Waals surface area contributed by atoms with Crippen LogP contribution in [0, 0.1) is 5.92 Å². The fraction of sp³-hybridized carbons (Fsp3) is 0.524. The average Bonchev–Trinajstić information content (AvgIpc) is 3.17. The third kappa shape index (κ3) is 4.45. The molecular weight excluding hydrogens is 326 g/mol. The molecule has 1 atom stereocenters. The topological polar surface area (TPSA) is 61.4 Å². The van der Waals surface area contributed by atoms with Gasteiger partial charge in [0.05, 0.1) is 0 Å². The lowest BCUT2D eigenvalue weighted by Gasteiger charge is -2.34. The molecule has 1 aromatic carbocycles. The monoisotopic (exact) mass is 355 g/mol. The number of anilines is 1. The van der Waals surface area contributed by atoms with Crippen LogP contribution in [0.2, 0.25) is 0 Å². The highest BCUT2D eigenvalue weighted by Crippen LogP contribution is 2.34. The second kappa shape index (κ2) is 8.88. The summed E-state index contributed by atoms with van der Waals surface area (Å²) < 4.78 is 0. The van der Waals surface area contributed by atoms with E-state index in [0.29, 0.717) is 24.1 Å². The second-order valence-corrected chi connectivity index (χ2v) is 7.31. The van der Waals surface area contributed by atoms with Crippen molar-refractivity contribution in [2.45, 2.75) is 51.0 Å². The molecule has 140 valence electrons. The Morgan fingerprint density at radius 2 is 1.81 bits per heavy atom. The van der Waals surface area contributed by atoms with Gasteiger partial charge in [-0.15, -0.1) is 6.58 Å². The summed E-state index contributed by atoms with van der Waals surface area (Å²) >= 11 is 0. The minimum atomic E-state index is -0.139. The molecule has 1 unspecified atom stereocenters. The summed E-state index contributed by atoms with van der Waals surface area (Å²) in [5, 5.41) is 5.74. The van der Waals surface area contributed by atoms with Crippen molar-refractivity contribution in [3.05, 3.63) is 42.5 Å². The molecule has 5 heteroatoms. The maximum Gasteiger partial charge on any atom is 0.322 e. The molecule has 2 aliphatic rings. The lowest BCUT2D eigenvalue weighted by atomic mass is 9.83. The van der Waals surface area contributed by atoms with Crippen molar-refractivity contribution in [3.8, 4) is 0 Å². The van der Waals surface area contributed by atoms with E-state index in [-0.39, 0.29) is 11.9 Å². The number of amides is 3. The van der Waals surface area contributed by atoms with E-state index in [1.54, 1.807) is 30.3 Å². The predicted molar refractivity (Wildman–Crippen MR) is 104 cm³/mol. The summed E-state index contributed by atoms with van der Waals surface area (Å²) in [6.07, 6.45) is 10.3. The van der Waals surface area contributed by atoms with Gasteiger partial charge in [0.1, 0.15) is 0 Å². The quantitative estimate of drug-likeness (QED) is 0.779. The average molecular weight is 355 g/mol. The number of urea groups is 1. The number of nitrogens with one attached hydrogen (secondary N) is 2. The van der Waals surface area contributed by atoms with Crippen molar-refractivity contribution in [2.75, 3.05) is 18.4 Å². The van der Waals surface area contributed by atoms with E-state index in [1.807, 2.05) is 4.90 Å². The van der Waals surface area contributed by atoms with Crippen LogP contribution >= 0.6 is 0 Å². The molecule has 0 aromatic heterocycles. The molecule has 1 saturated heterocycles. The van der Waals surface area contributed by atoms with E-state index >= 15 is 0 Å². The fourth-order valence-corrected chi connectivity index (χ4v) is 4.22. The van der Waals surface area contributed by atoms with Crippen LogP contribution in [0.5, 0.6) is 0 Å². The number of carbonyl (C=O) groups excluding carboxylic acids is 2. The molecule has 26 heavy (non-hydrogen) atoms. The van der Waals surface area contributed by atoms with Gasteiger partial charge in [0.2, 0.25) is 0 Å². The highest BCUT2D eigenvalue weighted by atomic mass is 16.2. The molecule has 0 spiro atoms. The number of benzene rings is 1. The number of carbonyl (C=O) groups is 2. The first-order valence-corrected chi connectivity index (χ1v) is 9.76. The van der Waals surface area contributed by atoms with Gasteiger partial charge in [-0.1, -0.05) is 25.3 Å². The zero-order valence-corrected chi connectivity index (χ0v) is 15.4. The molecule has 3 amide bonds. The van der Waals surface area contributed by atoms with Crippen LogP contribution in [0.1, 0.15) is 55.3 Å². The van der Waals surface area contributed by atoms with Gasteiger partial charge in [0.15, 0.2) is 0 Å². The Morgan fingerprint density at radius 1 is 1.08 bits per heavy atom. The van der Waals surface area contributed by atoms with Crippen LogP contribution in [0.15, 0.2) is 36.9 Å². The summed E-state index contributed by atoms with van der Waals surface area (Å²) in [5.74, 6) is 0.521. The summed E-state index contributed by atoms with van der Waals surface area (Å²) in [6, 6.07) is 7.41. The lowest BCUT2D eigenvalue weighted by Crippen LogP contribution is -2.43. The van der Waals surface area contributed by atoms with E-state index < -0.39 is 0 Å². The minimum Gasteiger partial charge on any atom is -0.349 e. The molecule has 0 radical (unpaired) electrons. The molecule has 1 heterocycles. The predicted octanol–water partition coefficient (Wildman–Crippen LogP) is 4.18. The first-order chi connectivity index (χ1) is 12.7. The smallest absolute Gasteiger partial charge is 0.322 e. The second-order valence-electron chi connectivity index (χ2n) is 7.31. The largest absolute Gasteiger partial charge is 0.349 e. The Morgan fingerprint density at radius 3 is 2.50 bits per heavy atom. The van der Waals surface area contributed by atoms with Gasteiger partial charge in [0, 0.05) is 30.4 Å². The minimum absolute atomic E-state index is 0.0121. The highest BCUT2D eigenvalue weighted by molar-refractivity contribution is 5.95. The van der Waals surface area contributed by atoms with Crippen LogP contribution < -0.4 is 10.6 Å². The van der Waals surface area contributed by atoms with Crippen LogP contribution in [-0.4, -0.2) is 36.0 Å². The van der Waals surface area contributed by atoms with E-state index in [4.69, 9.17) is 0 Å². The summed E-state index contributed by atoms with van der Waals surface area (Å²) in [7, 11) is 0. The molecule has 1 saturated carbocycles. The molecule has 1 aromatic rings. The van der Waals surface area contributed by atoms with Gasteiger partial charge in [-0.2, -0.15) is 0 Å². The Balaban J connectivity index is 1.58. The maximum absolute atomic E-state index is 12.8. The van der Waals surface area contributed by atoms with Crippen molar-refractivity contribution in [3.63, 3.8) is 0 Å². The van der Waals surface area contributed by atoms with Crippen molar-refractivity contribution in [2.24, 2.45) is 5.92 Å². The van der Waals surface area contributed by atoms with E-state index in [0.717, 1.165) is 25.1 Å². The molecule has 1 aliphatic heterocycles. The summed E-state index contributed by atoms with van der Waals surface area (Å²) in [6.45, 7) is 4.87. The SMILES string of the molecule is C=CCNC(=O)c1ccc(NC(=O)N2CCCC2C2CCCCC2)cc1. The summed E-state index contributed by atoms with van der Waals surface area (Å²) in [5.41, 5.74) is 1.30. The molecule has 3 rings (SSSR count). The number of hydrogen-bond donors (Lipinski definition) is 2. The summed E-state index contributed by atoms with van der Waals surface area (Å²) in [4.78, 5) is 26.7. The Hall–Kier alpha value is -2.30. The van der Waals surface area contributed by atoms with Crippen LogP contribution in [-0.2, 0) is 0 Å². The van der Waals surface area contributed by atoms with E-state index in [9.17, 15) is 9.59 Å². The van der Waals surface area contributed by atoms with E-state index in [2.05, 4.69) is 17.2 Å². The Labute approximate surface area is 155 Å². The van der Waals surface area contributed by atoms with Gasteiger partial charge in [-0.25, -0.2) is 4.79 Å². The first-order valence-electron chi connectivity index (χ1n) is 9.76. The third-order valence-corrected chi connectivity index (χ3v) is 5.56. The van der Waals surface area contributed by atoms with Crippen molar-refractivity contribution < 1.29 is 9.59 Å².